The smallest absolute Gasteiger partial charge is 0.337 e. The Bertz CT molecular complexity index is 1640. The molecule has 1 aliphatic heterocycles. The SMILES string of the molecule is N#CC1=C(N)N(c2nnc(SCC(=O)Nc3ccccc3C(=O)O)s2)C2=C(C(=O)CCC2)C1c1ccccc1Cl. The molecule has 10 nitrogen and oxygen atoms in total. The first kappa shape index (κ1) is 27.4. The molecule has 0 saturated heterocycles. The van der Waals surface area contributed by atoms with Gasteiger partial charge in [-0.25, -0.2) is 4.79 Å². The number of rotatable bonds is 7. The highest BCUT2D eigenvalue weighted by atomic mass is 35.5. The number of carbonyl (C=O) groups is 3. The largest absolute Gasteiger partial charge is 0.478 e. The first-order chi connectivity index (χ1) is 19.3. The van der Waals surface area contributed by atoms with Gasteiger partial charge in [-0.1, -0.05) is 65.0 Å². The molecule has 13 heteroatoms. The number of thioether (sulfide) groups is 1. The van der Waals surface area contributed by atoms with E-state index >= 15 is 0 Å². The fraction of sp³-hybridized carbons (Fsp3) is 0.185. The quantitative estimate of drug-likeness (QED) is 0.321. The number of carboxylic acids is 1. The second-order valence-corrected chi connectivity index (χ2v) is 11.5. The van der Waals surface area contributed by atoms with Gasteiger partial charge in [0.15, 0.2) is 10.1 Å². The Morgan fingerprint density at radius 2 is 1.95 bits per heavy atom. The molecule has 1 aliphatic carbocycles. The van der Waals surface area contributed by atoms with E-state index in [0.717, 1.165) is 11.8 Å². The molecule has 2 aromatic carbocycles. The molecule has 0 radical (unpaired) electrons. The van der Waals surface area contributed by atoms with Gasteiger partial charge >= 0.3 is 5.97 Å². The van der Waals surface area contributed by atoms with Gasteiger partial charge in [0.25, 0.3) is 0 Å². The minimum atomic E-state index is -1.15. The number of nitrogens with two attached hydrogens (primary N) is 1. The molecule has 3 aromatic rings. The van der Waals surface area contributed by atoms with Crippen LogP contribution in [0.2, 0.25) is 5.02 Å². The normalized spacial score (nSPS) is 16.9. The highest BCUT2D eigenvalue weighted by molar-refractivity contribution is 8.01. The number of nitrogens with zero attached hydrogens (tertiary/aromatic N) is 4. The van der Waals surface area contributed by atoms with Crippen LogP contribution in [-0.4, -0.2) is 38.7 Å². The maximum Gasteiger partial charge on any atom is 0.337 e. The zero-order valence-corrected chi connectivity index (χ0v) is 23.1. The summed E-state index contributed by atoms with van der Waals surface area (Å²) in [6, 6.07) is 15.4. The zero-order valence-electron chi connectivity index (χ0n) is 20.8. The Hall–Kier alpha value is -4.18. The summed E-state index contributed by atoms with van der Waals surface area (Å²) < 4.78 is 0.459. The molecular weight excluding hydrogens is 572 g/mol. The molecule has 1 atom stereocenters. The summed E-state index contributed by atoms with van der Waals surface area (Å²) in [5, 5.41) is 31.3. The number of benzene rings is 2. The van der Waals surface area contributed by atoms with Crippen LogP contribution in [-0.2, 0) is 9.59 Å². The third-order valence-electron chi connectivity index (χ3n) is 6.47. The van der Waals surface area contributed by atoms with E-state index < -0.39 is 17.8 Å². The topological polar surface area (TPSA) is 162 Å². The molecule has 2 aliphatic rings. The highest BCUT2D eigenvalue weighted by Gasteiger charge is 2.41. The number of para-hydroxylation sites is 1. The number of hydrogen-bond donors (Lipinski definition) is 3. The molecule has 4 N–H and O–H groups in total. The van der Waals surface area contributed by atoms with Gasteiger partial charge in [0.2, 0.25) is 11.0 Å². The number of nitrogens with one attached hydrogen (secondary N) is 1. The van der Waals surface area contributed by atoms with Crippen molar-refractivity contribution in [2.45, 2.75) is 29.5 Å². The van der Waals surface area contributed by atoms with E-state index in [1.807, 2.05) is 0 Å². The van der Waals surface area contributed by atoms with Crippen LogP contribution in [0.25, 0.3) is 0 Å². The summed E-state index contributed by atoms with van der Waals surface area (Å²) in [5.41, 5.74) is 8.72. The van der Waals surface area contributed by atoms with Crippen LogP contribution in [0, 0.1) is 11.3 Å². The lowest BCUT2D eigenvalue weighted by atomic mass is 9.76. The number of amides is 1. The molecule has 0 spiro atoms. The second kappa shape index (κ2) is 11.5. The average Bonchev–Trinajstić information content (AvgIpc) is 3.40. The van der Waals surface area contributed by atoms with E-state index in [4.69, 9.17) is 17.3 Å². The predicted octanol–water partition coefficient (Wildman–Crippen LogP) is 4.93. The highest BCUT2D eigenvalue weighted by Crippen LogP contribution is 2.48. The summed E-state index contributed by atoms with van der Waals surface area (Å²) in [4.78, 5) is 38.8. The Kier molecular flexibility index (Phi) is 7.88. The fourth-order valence-corrected chi connectivity index (χ4v) is 6.69. The number of anilines is 2. The maximum absolute atomic E-state index is 13.2. The van der Waals surface area contributed by atoms with E-state index in [9.17, 15) is 24.8 Å². The van der Waals surface area contributed by atoms with Gasteiger partial charge in [-0.3, -0.25) is 14.5 Å². The van der Waals surface area contributed by atoms with Crippen LogP contribution in [0.4, 0.5) is 10.8 Å². The first-order valence-electron chi connectivity index (χ1n) is 12.1. The van der Waals surface area contributed by atoms with Gasteiger partial charge in [0, 0.05) is 22.7 Å². The van der Waals surface area contributed by atoms with Crippen LogP contribution in [0.15, 0.2) is 75.5 Å². The lowest BCUT2D eigenvalue weighted by Gasteiger charge is -2.38. The molecule has 40 heavy (non-hydrogen) atoms. The van der Waals surface area contributed by atoms with E-state index in [1.54, 1.807) is 41.3 Å². The Balaban J connectivity index is 1.42. The van der Waals surface area contributed by atoms with Crippen molar-refractivity contribution >= 4 is 63.2 Å². The monoisotopic (exact) mass is 592 g/mol. The number of aromatic carboxylic acids is 1. The van der Waals surface area contributed by atoms with Gasteiger partial charge in [-0.05, 0) is 36.6 Å². The van der Waals surface area contributed by atoms with Crippen molar-refractivity contribution in [2.24, 2.45) is 5.73 Å². The molecule has 202 valence electrons. The van der Waals surface area contributed by atoms with Crippen molar-refractivity contribution in [3.8, 4) is 6.07 Å². The predicted molar refractivity (Wildman–Crippen MR) is 152 cm³/mol. The summed E-state index contributed by atoms with van der Waals surface area (Å²) in [6.07, 6.45) is 1.52. The average molecular weight is 593 g/mol. The number of carbonyl (C=O) groups excluding carboxylic acids is 2. The summed E-state index contributed by atoms with van der Waals surface area (Å²) in [6.45, 7) is 0. The number of allylic oxidation sites excluding steroid dienone is 3. The third-order valence-corrected chi connectivity index (χ3v) is 8.86. The van der Waals surface area contributed by atoms with Crippen LogP contribution in [0.5, 0.6) is 0 Å². The van der Waals surface area contributed by atoms with Gasteiger partial charge in [-0.15, -0.1) is 10.2 Å². The third kappa shape index (κ3) is 5.19. The fourth-order valence-electron chi connectivity index (χ4n) is 4.77. The number of carboxylic acid groups (broad SMARTS) is 1. The molecule has 1 aromatic heterocycles. The van der Waals surface area contributed by atoms with Crippen LogP contribution in [0.3, 0.4) is 0 Å². The van der Waals surface area contributed by atoms with Gasteiger partial charge < -0.3 is 16.2 Å². The van der Waals surface area contributed by atoms with Crippen LogP contribution < -0.4 is 16.0 Å². The molecule has 0 saturated carbocycles. The van der Waals surface area contributed by atoms with E-state index in [-0.39, 0.29) is 34.2 Å². The van der Waals surface area contributed by atoms with Crippen LogP contribution >= 0.6 is 34.7 Å². The number of aromatic nitrogens is 2. The molecule has 1 amide bonds. The number of halogens is 1. The molecule has 1 unspecified atom stereocenters. The summed E-state index contributed by atoms with van der Waals surface area (Å²) in [7, 11) is 0. The minimum Gasteiger partial charge on any atom is -0.478 e. The molecule has 0 bridgehead atoms. The Morgan fingerprint density at radius 3 is 2.70 bits per heavy atom. The zero-order chi connectivity index (χ0) is 28.4. The van der Waals surface area contributed by atoms with Gasteiger partial charge in [0.05, 0.1) is 34.6 Å². The maximum atomic E-state index is 13.2. The number of hydrogen-bond acceptors (Lipinski definition) is 10. The van der Waals surface area contributed by atoms with E-state index in [0.29, 0.717) is 50.6 Å². The standard InChI is InChI=1S/C27H21ClN6O4S2/c28-17-8-3-1-6-14(17)22-16(12-29)24(30)34(19-10-5-11-20(35)23(19)22)26-32-33-27(40-26)39-13-21(36)31-18-9-4-2-7-15(18)25(37)38/h1-4,6-9,22H,5,10-11,13,30H2,(H,31,36)(H,37,38). The molecule has 0 fully saturated rings. The first-order valence-corrected chi connectivity index (χ1v) is 14.3. The number of nitriles is 1. The lowest BCUT2D eigenvalue weighted by molar-refractivity contribution is -0.116. The second-order valence-electron chi connectivity index (χ2n) is 8.88. The van der Waals surface area contributed by atoms with Crippen molar-refractivity contribution in [3.05, 3.63) is 87.3 Å². The Morgan fingerprint density at radius 1 is 1.20 bits per heavy atom. The summed E-state index contributed by atoms with van der Waals surface area (Å²) >= 11 is 8.78. The van der Waals surface area contributed by atoms with Crippen molar-refractivity contribution in [3.63, 3.8) is 0 Å². The van der Waals surface area contributed by atoms with E-state index in [1.165, 1.54) is 23.5 Å². The number of ketones is 1. The number of Topliss-reactive ketones (excluding diaryl/α,β-unsaturated/α-hetero) is 1. The van der Waals surface area contributed by atoms with E-state index in [2.05, 4.69) is 21.6 Å². The molecule has 5 rings (SSSR count). The minimum absolute atomic E-state index is 0.0130. The van der Waals surface area contributed by atoms with Crippen molar-refractivity contribution in [2.75, 3.05) is 16.0 Å². The molecule has 2 heterocycles. The van der Waals surface area contributed by atoms with Crippen molar-refractivity contribution in [1.29, 1.82) is 5.26 Å². The van der Waals surface area contributed by atoms with Crippen molar-refractivity contribution in [1.82, 2.24) is 10.2 Å². The Labute approximate surface area is 242 Å². The van der Waals surface area contributed by atoms with Crippen LogP contribution in [0.1, 0.15) is 41.1 Å². The lowest BCUT2D eigenvalue weighted by Crippen LogP contribution is -2.38. The van der Waals surface area contributed by atoms with Gasteiger partial charge in [0.1, 0.15) is 5.82 Å². The van der Waals surface area contributed by atoms with Crippen molar-refractivity contribution < 1.29 is 19.5 Å². The van der Waals surface area contributed by atoms with Gasteiger partial charge in [-0.2, -0.15) is 5.26 Å². The summed E-state index contributed by atoms with van der Waals surface area (Å²) in [5.74, 6) is -2.21. The molecular formula is C27H21ClN6O4S2.